The lowest BCUT2D eigenvalue weighted by atomic mass is 9.90. The second-order valence-corrected chi connectivity index (χ2v) is 7.98. The maximum absolute atomic E-state index is 5.94. The summed E-state index contributed by atoms with van der Waals surface area (Å²) in [5, 5.41) is 3.23. The van der Waals surface area contributed by atoms with Crippen molar-refractivity contribution < 1.29 is 4.90 Å². The van der Waals surface area contributed by atoms with E-state index in [1.54, 1.807) is 0 Å². The molecule has 2 aromatic carbocycles. The van der Waals surface area contributed by atoms with Gasteiger partial charge in [0.05, 0.1) is 13.1 Å². The number of aryl methyl sites for hydroxylation is 1. The quantitative estimate of drug-likeness (QED) is 0.604. The van der Waals surface area contributed by atoms with Gasteiger partial charge in [0.2, 0.25) is 11.9 Å². The van der Waals surface area contributed by atoms with Gasteiger partial charge in [-0.05, 0) is 49.8 Å². The van der Waals surface area contributed by atoms with Gasteiger partial charge in [-0.1, -0.05) is 48.0 Å². The van der Waals surface area contributed by atoms with Gasteiger partial charge in [0, 0.05) is 5.69 Å². The number of aromatic nitrogens is 3. The molecule has 0 radical (unpaired) electrons. The molecule has 1 aliphatic rings. The van der Waals surface area contributed by atoms with Crippen LogP contribution in [0.15, 0.2) is 54.6 Å². The van der Waals surface area contributed by atoms with Gasteiger partial charge in [-0.15, -0.1) is 0 Å². The zero-order valence-electron chi connectivity index (χ0n) is 16.9. The van der Waals surface area contributed by atoms with E-state index in [0.717, 1.165) is 37.1 Å². The number of hydrogen-bond donors (Lipinski definition) is 3. The van der Waals surface area contributed by atoms with Crippen LogP contribution in [0.4, 0.5) is 17.6 Å². The van der Waals surface area contributed by atoms with E-state index in [-0.39, 0.29) is 5.95 Å². The Morgan fingerprint density at radius 2 is 1.69 bits per heavy atom. The van der Waals surface area contributed by atoms with Crippen LogP contribution in [0, 0.1) is 12.8 Å². The minimum Gasteiger partial charge on any atom is -0.368 e. The SMILES string of the molecule is Cc1ccc(Nc2nc(N)nc(C[NH+]3CCC(Cc4ccccc4)CC3)n2)cc1. The normalized spacial score (nSPS) is 19.1. The van der Waals surface area contributed by atoms with Crippen LogP contribution in [-0.2, 0) is 13.0 Å². The summed E-state index contributed by atoms with van der Waals surface area (Å²) in [6, 6.07) is 18.9. The number of nitrogen functional groups attached to an aromatic ring is 1. The average Bonchev–Trinajstić information content (AvgIpc) is 2.72. The fourth-order valence-electron chi connectivity index (χ4n) is 3.98. The first-order chi connectivity index (χ1) is 14.1. The molecule has 4 N–H and O–H groups in total. The van der Waals surface area contributed by atoms with E-state index in [1.165, 1.54) is 35.3 Å². The molecule has 3 aromatic rings. The van der Waals surface area contributed by atoms with Gasteiger partial charge in [-0.2, -0.15) is 15.0 Å². The molecule has 6 heteroatoms. The number of piperidine rings is 1. The molecule has 1 fully saturated rings. The Bertz CT molecular complexity index is 918. The molecule has 0 atom stereocenters. The topological polar surface area (TPSA) is 81.2 Å². The van der Waals surface area contributed by atoms with Crippen LogP contribution in [0.25, 0.3) is 0 Å². The van der Waals surface area contributed by atoms with Crippen molar-refractivity contribution >= 4 is 17.6 Å². The largest absolute Gasteiger partial charge is 0.368 e. The molecule has 0 unspecified atom stereocenters. The second-order valence-electron chi connectivity index (χ2n) is 7.98. The lowest BCUT2D eigenvalue weighted by Crippen LogP contribution is -3.11. The standard InChI is InChI=1S/C23H28N6/c1-17-7-9-20(10-8-17)25-23-27-21(26-22(24)28-23)16-29-13-11-19(12-14-29)15-18-5-3-2-4-6-18/h2-10,19H,11-16H2,1H3,(H3,24,25,26,27,28)/p+1. The van der Waals surface area contributed by atoms with Crippen molar-refractivity contribution in [3.8, 4) is 0 Å². The summed E-state index contributed by atoms with van der Waals surface area (Å²) in [4.78, 5) is 14.7. The number of hydrogen-bond acceptors (Lipinski definition) is 5. The molecule has 1 aromatic heterocycles. The molecule has 6 nitrogen and oxygen atoms in total. The summed E-state index contributed by atoms with van der Waals surface area (Å²) >= 11 is 0. The smallest absolute Gasteiger partial charge is 0.232 e. The molecule has 0 aliphatic carbocycles. The van der Waals surface area contributed by atoms with Crippen molar-refractivity contribution in [1.29, 1.82) is 0 Å². The Hall–Kier alpha value is -2.99. The third kappa shape index (κ3) is 5.51. The van der Waals surface area contributed by atoms with E-state index in [4.69, 9.17) is 5.73 Å². The summed E-state index contributed by atoms with van der Waals surface area (Å²) in [5.41, 5.74) is 9.54. The molecule has 1 saturated heterocycles. The molecule has 0 amide bonds. The molecule has 1 aliphatic heterocycles. The fourth-order valence-corrected chi connectivity index (χ4v) is 3.98. The molecule has 150 valence electrons. The summed E-state index contributed by atoms with van der Waals surface area (Å²) in [5.74, 6) is 2.30. The van der Waals surface area contributed by atoms with Crippen LogP contribution in [0.3, 0.4) is 0 Å². The van der Waals surface area contributed by atoms with Crippen LogP contribution < -0.4 is 16.0 Å². The van der Waals surface area contributed by atoms with Crippen molar-refractivity contribution in [2.24, 2.45) is 5.92 Å². The van der Waals surface area contributed by atoms with Crippen LogP contribution in [0.2, 0.25) is 0 Å². The van der Waals surface area contributed by atoms with Crippen LogP contribution in [-0.4, -0.2) is 28.0 Å². The average molecular weight is 390 g/mol. The zero-order valence-corrected chi connectivity index (χ0v) is 16.9. The molecule has 29 heavy (non-hydrogen) atoms. The molecule has 4 rings (SSSR count). The highest BCUT2D eigenvalue weighted by Gasteiger charge is 2.23. The number of quaternary nitrogens is 1. The van der Waals surface area contributed by atoms with Gasteiger partial charge >= 0.3 is 0 Å². The van der Waals surface area contributed by atoms with Gasteiger partial charge in [-0.3, -0.25) is 0 Å². The van der Waals surface area contributed by atoms with Gasteiger partial charge in [-0.25, -0.2) is 0 Å². The minimum absolute atomic E-state index is 0.267. The monoisotopic (exact) mass is 389 g/mol. The van der Waals surface area contributed by atoms with Crippen molar-refractivity contribution in [2.75, 3.05) is 24.1 Å². The highest BCUT2D eigenvalue weighted by molar-refractivity contribution is 5.54. The first-order valence-corrected chi connectivity index (χ1v) is 10.4. The first-order valence-electron chi connectivity index (χ1n) is 10.4. The summed E-state index contributed by atoms with van der Waals surface area (Å²) in [7, 11) is 0. The highest BCUT2D eigenvalue weighted by atomic mass is 15.2. The predicted molar refractivity (Wildman–Crippen MR) is 116 cm³/mol. The number of rotatable bonds is 6. The van der Waals surface area contributed by atoms with Crippen LogP contribution >= 0.6 is 0 Å². The Morgan fingerprint density at radius 1 is 0.966 bits per heavy atom. The van der Waals surface area contributed by atoms with Gasteiger partial charge in [0.15, 0.2) is 5.82 Å². The number of anilines is 3. The molecular weight excluding hydrogens is 360 g/mol. The zero-order chi connectivity index (χ0) is 20.1. The first kappa shape index (κ1) is 19.3. The van der Waals surface area contributed by atoms with Gasteiger partial charge in [0.1, 0.15) is 6.54 Å². The molecule has 0 bridgehead atoms. The molecule has 0 spiro atoms. The van der Waals surface area contributed by atoms with E-state index < -0.39 is 0 Å². The van der Waals surface area contributed by atoms with Crippen molar-refractivity contribution in [1.82, 2.24) is 15.0 Å². The van der Waals surface area contributed by atoms with E-state index in [0.29, 0.717) is 5.95 Å². The van der Waals surface area contributed by atoms with Crippen LogP contribution in [0.1, 0.15) is 29.8 Å². The fraction of sp³-hybridized carbons (Fsp3) is 0.348. The summed E-state index contributed by atoms with van der Waals surface area (Å²) < 4.78 is 0. The molecular formula is C23H29N6+. The van der Waals surface area contributed by atoms with E-state index >= 15 is 0 Å². The van der Waals surface area contributed by atoms with Crippen molar-refractivity contribution in [3.05, 3.63) is 71.5 Å². The Labute approximate surface area is 172 Å². The number of likely N-dealkylation sites (tertiary alicyclic amines) is 1. The minimum atomic E-state index is 0.267. The Kier molecular flexibility index (Phi) is 6.00. The third-order valence-corrected chi connectivity index (χ3v) is 5.59. The predicted octanol–water partition coefficient (Wildman–Crippen LogP) is 2.54. The lowest BCUT2D eigenvalue weighted by molar-refractivity contribution is -0.920. The van der Waals surface area contributed by atoms with E-state index in [9.17, 15) is 0 Å². The van der Waals surface area contributed by atoms with E-state index in [2.05, 4.69) is 69.7 Å². The van der Waals surface area contributed by atoms with Crippen molar-refractivity contribution in [3.63, 3.8) is 0 Å². The maximum atomic E-state index is 5.94. The third-order valence-electron chi connectivity index (χ3n) is 5.59. The number of nitrogens with zero attached hydrogens (tertiary/aromatic N) is 3. The number of nitrogens with two attached hydrogens (primary N) is 1. The summed E-state index contributed by atoms with van der Waals surface area (Å²) in [6.07, 6.45) is 3.65. The highest BCUT2D eigenvalue weighted by Crippen LogP contribution is 2.17. The second kappa shape index (κ2) is 9.01. The lowest BCUT2D eigenvalue weighted by Gasteiger charge is -2.29. The number of benzene rings is 2. The van der Waals surface area contributed by atoms with Crippen LogP contribution in [0.5, 0.6) is 0 Å². The van der Waals surface area contributed by atoms with Gasteiger partial charge in [0.25, 0.3) is 0 Å². The molecule has 0 saturated carbocycles. The van der Waals surface area contributed by atoms with Crippen molar-refractivity contribution in [2.45, 2.75) is 32.7 Å². The Balaban J connectivity index is 1.33. The van der Waals surface area contributed by atoms with Gasteiger partial charge < -0.3 is 16.0 Å². The molecule has 2 heterocycles. The number of nitrogens with one attached hydrogen (secondary N) is 2. The Morgan fingerprint density at radius 3 is 2.41 bits per heavy atom. The maximum Gasteiger partial charge on any atom is 0.232 e. The van der Waals surface area contributed by atoms with E-state index in [1.807, 2.05) is 12.1 Å². The summed E-state index contributed by atoms with van der Waals surface area (Å²) in [6.45, 7) is 5.13.